The van der Waals surface area contributed by atoms with E-state index < -0.39 is 5.66 Å². The number of morpholine rings is 1. The topological polar surface area (TPSA) is 74.5 Å². The van der Waals surface area contributed by atoms with Gasteiger partial charge in [-0.05, 0) is 31.0 Å². The third kappa shape index (κ3) is 3.21. The highest BCUT2D eigenvalue weighted by atomic mass is 16.5. The minimum atomic E-state index is -0.454. The van der Waals surface area contributed by atoms with E-state index in [9.17, 15) is 9.90 Å². The molecule has 1 unspecified atom stereocenters. The monoisotopic (exact) mass is 289 g/mol. The van der Waals surface area contributed by atoms with Crippen LogP contribution in [0.2, 0.25) is 0 Å². The summed E-state index contributed by atoms with van der Waals surface area (Å²) >= 11 is 0. The number of aromatic hydroxyl groups is 1. The minimum Gasteiger partial charge on any atom is -0.508 e. The standard InChI is InChI=1S/C15H19N3O3/c1-15(16-17-15)13-10-18(7-8-21-13)14(20)6-5-11-3-2-4-12(19)9-11/h2-4,9,13,19H,5-8,10H2,1H3. The van der Waals surface area contributed by atoms with Crippen molar-refractivity contribution in [3.8, 4) is 5.75 Å². The number of carbonyl (C=O) groups is 1. The molecule has 2 heterocycles. The Labute approximate surface area is 123 Å². The molecule has 2 aliphatic rings. The van der Waals surface area contributed by atoms with Crippen molar-refractivity contribution in [2.45, 2.75) is 31.5 Å². The van der Waals surface area contributed by atoms with Crippen LogP contribution in [0.4, 0.5) is 0 Å². The molecule has 112 valence electrons. The quantitative estimate of drug-likeness (QED) is 0.917. The molecule has 1 amide bonds. The predicted octanol–water partition coefficient (Wildman–Crippen LogP) is 1.73. The summed E-state index contributed by atoms with van der Waals surface area (Å²) in [5.74, 6) is 0.340. The molecular formula is C15H19N3O3. The number of carbonyl (C=O) groups excluding carboxylic acids is 1. The average molecular weight is 289 g/mol. The normalized spacial score (nSPS) is 23.1. The third-order valence-corrected chi connectivity index (χ3v) is 3.98. The summed E-state index contributed by atoms with van der Waals surface area (Å²) in [7, 11) is 0. The van der Waals surface area contributed by atoms with Crippen LogP contribution in [0.25, 0.3) is 0 Å². The van der Waals surface area contributed by atoms with Gasteiger partial charge in [0.15, 0.2) is 0 Å². The maximum Gasteiger partial charge on any atom is 0.223 e. The number of phenolic OH excluding ortho intramolecular Hbond substituents is 1. The largest absolute Gasteiger partial charge is 0.508 e. The van der Waals surface area contributed by atoms with Gasteiger partial charge < -0.3 is 14.7 Å². The number of amides is 1. The molecule has 1 N–H and O–H groups in total. The van der Waals surface area contributed by atoms with Gasteiger partial charge in [-0.1, -0.05) is 12.1 Å². The maximum atomic E-state index is 12.3. The van der Waals surface area contributed by atoms with Crippen molar-refractivity contribution in [2.24, 2.45) is 10.2 Å². The van der Waals surface area contributed by atoms with Crippen molar-refractivity contribution < 1.29 is 14.6 Å². The summed E-state index contributed by atoms with van der Waals surface area (Å²) in [6.07, 6.45) is 0.929. The lowest BCUT2D eigenvalue weighted by atomic mass is 10.1. The number of hydrogen-bond donors (Lipinski definition) is 1. The summed E-state index contributed by atoms with van der Waals surface area (Å²) in [5, 5.41) is 17.4. The fourth-order valence-electron chi connectivity index (χ4n) is 2.54. The highest BCUT2D eigenvalue weighted by Gasteiger charge is 2.46. The number of phenols is 1. The van der Waals surface area contributed by atoms with E-state index in [-0.39, 0.29) is 17.8 Å². The van der Waals surface area contributed by atoms with Gasteiger partial charge in [-0.2, -0.15) is 10.2 Å². The highest BCUT2D eigenvalue weighted by molar-refractivity contribution is 5.76. The number of hydrogen-bond acceptors (Lipinski definition) is 5. The summed E-state index contributed by atoms with van der Waals surface area (Å²) in [6, 6.07) is 7.02. The van der Waals surface area contributed by atoms with Crippen molar-refractivity contribution in [3.63, 3.8) is 0 Å². The molecule has 6 nitrogen and oxygen atoms in total. The fraction of sp³-hybridized carbons (Fsp3) is 0.533. The zero-order valence-corrected chi connectivity index (χ0v) is 12.0. The molecule has 1 aromatic rings. The van der Waals surface area contributed by atoms with Gasteiger partial charge in [-0.15, -0.1) is 0 Å². The van der Waals surface area contributed by atoms with Crippen LogP contribution >= 0.6 is 0 Å². The molecule has 0 aromatic heterocycles. The second-order valence-corrected chi connectivity index (χ2v) is 5.66. The van der Waals surface area contributed by atoms with Gasteiger partial charge in [-0.25, -0.2) is 0 Å². The van der Waals surface area contributed by atoms with Crippen molar-refractivity contribution in [2.75, 3.05) is 19.7 Å². The Morgan fingerprint density at radius 2 is 2.33 bits per heavy atom. The molecular weight excluding hydrogens is 270 g/mol. The minimum absolute atomic E-state index is 0.107. The molecule has 1 saturated heterocycles. The Balaban J connectivity index is 1.53. The van der Waals surface area contributed by atoms with Crippen LogP contribution in [-0.4, -0.2) is 47.4 Å². The van der Waals surface area contributed by atoms with Gasteiger partial charge in [0.1, 0.15) is 11.9 Å². The molecule has 1 atom stereocenters. The number of rotatable bonds is 4. The van der Waals surface area contributed by atoms with Crippen LogP contribution < -0.4 is 0 Å². The van der Waals surface area contributed by atoms with E-state index in [4.69, 9.17) is 4.74 Å². The van der Waals surface area contributed by atoms with Crippen LogP contribution in [0.5, 0.6) is 5.75 Å². The summed E-state index contributed by atoms with van der Waals surface area (Å²) in [6.45, 7) is 3.61. The van der Waals surface area contributed by atoms with E-state index in [1.165, 1.54) is 0 Å². The van der Waals surface area contributed by atoms with Gasteiger partial charge in [0, 0.05) is 13.0 Å². The molecule has 0 bridgehead atoms. The lowest BCUT2D eigenvalue weighted by Crippen LogP contribution is -2.50. The molecule has 1 fully saturated rings. The van der Waals surface area contributed by atoms with Crippen molar-refractivity contribution in [3.05, 3.63) is 29.8 Å². The molecule has 0 aliphatic carbocycles. The van der Waals surface area contributed by atoms with Crippen LogP contribution in [0, 0.1) is 0 Å². The molecule has 1 aromatic carbocycles. The molecule has 3 rings (SSSR count). The summed E-state index contributed by atoms with van der Waals surface area (Å²) in [5.41, 5.74) is 0.511. The van der Waals surface area contributed by atoms with E-state index in [0.717, 1.165) is 5.56 Å². The lowest BCUT2D eigenvalue weighted by Gasteiger charge is -2.34. The second kappa shape index (κ2) is 5.44. The molecule has 0 radical (unpaired) electrons. The number of nitrogens with zero attached hydrogens (tertiary/aromatic N) is 3. The SMILES string of the molecule is CC1(C2CN(C(=O)CCc3cccc(O)c3)CCO2)N=N1. The molecule has 0 spiro atoms. The fourth-order valence-corrected chi connectivity index (χ4v) is 2.54. The van der Waals surface area contributed by atoms with E-state index in [1.54, 1.807) is 18.2 Å². The van der Waals surface area contributed by atoms with Crippen LogP contribution in [0.1, 0.15) is 18.9 Å². The van der Waals surface area contributed by atoms with Crippen LogP contribution in [-0.2, 0) is 16.0 Å². The first kappa shape index (κ1) is 14.0. The number of aryl methyl sites for hydroxylation is 1. The molecule has 2 aliphatic heterocycles. The van der Waals surface area contributed by atoms with Gasteiger partial charge in [-0.3, -0.25) is 4.79 Å². The first-order chi connectivity index (χ1) is 10.1. The predicted molar refractivity (Wildman–Crippen MR) is 76.0 cm³/mol. The maximum absolute atomic E-state index is 12.3. The zero-order valence-electron chi connectivity index (χ0n) is 12.0. The second-order valence-electron chi connectivity index (χ2n) is 5.66. The highest BCUT2D eigenvalue weighted by Crippen LogP contribution is 2.34. The first-order valence-electron chi connectivity index (χ1n) is 7.18. The smallest absolute Gasteiger partial charge is 0.223 e. The van der Waals surface area contributed by atoms with E-state index in [0.29, 0.717) is 32.5 Å². The molecule has 21 heavy (non-hydrogen) atoms. The van der Waals surface area contributed by atoms with Gasteiger partial charge in [0.25, 0.3) is 0 Å². The Bertz CT molecular complexity index is 567. The molecule has 6 heteroatoms. The van der Waals surface area contributed by atoms with Gasteiger partial charge >= 0.3 is 0 Å². The number of benzene rings is 1. The van der Waals surface area contributed by atoms with Crippen LogP contribution in [0.15, 0.2) is 34.5 Å². The Morgan fingerprint density at radius 3 is 3.05 bits per heavy atom. The number of ether oxygens (including phenoxy) is 1. The van der Waals surface area contributed by atoms with Crippen molar-refractivity contribution in [1.29, 1.82) is 0 Å². The Kier molecular flexibility index (Phi) is 3.63. The molecule has 0 saturated carbocycles. The average Bonchev–Trinajstić information content (AvgIpc) is 3.24. The summed E-state index contributed by atoms with van der Waals surface area (Å²) in [4.78, 5) is 14.1. The van der Waals surface area contributed by atoms with Crippen LogP contribution in [0.3, 0.4) is 0 Å². The Morgan fingerprint density at radius 1 is 1.52 bits per heavy atom. The van der Waals surface area contributed by atoms with Crippen molar-refractivity contribution in [1.82, 2.24) is 4.90 Å². The van der Waals surface area contributed by atoms with Gasteiger partial charge in [0.05, 0.1) is 13.2 Å². The van der Waals surface area contributed by atoms with E-state index in [2.05, 4.69) is 10.2 Å². The van der Waals surface area contributed by atoms with Crippen molar-refractivity contribution >= 4 is 5.91 Å². The van der Waals surface area contributed by atoms with E-state index in [1.807, 2.05) is 17.9 Å². The zero-order chi connectivity index (χ0) is 14.9. The first-order valence-corrected chi connectivity index (χ1v) is 7.18. The summed E-state index contributed by atoms with van der Waals surface area (Å²) < 4.78 is 5.65. The lowest BCUT2D eigenvalue weighted by molar-refractivity contribution is -0.140. The third-order valence-electron chi connectivity index (χ3n) is 3.98. The van der Waals surface area contributed by atoms with Gasteiger partial charge in [0.2, 0.25) is 11.6 Å². The van der Waals surface area contributed by atoms with E-state index >= 15 is 0 Å². The Hall–Kier alpha value is -1.95.